The van der Waals surface area contributed by atoms with Gasteiger partial charge in [0.15, 0.2) is 0 Å². The van der Waals surface area contributed by atoms with Crippen LogP contribution in [0.25, 0.3) is 0 Å². The quantitative estimate of drug-likeness (QED) is 0.799. The Kier molecular flexibility index (Phi) is 6.32. The summed E-state index contributed by atoms with van der Waals surface area (Å²) in [6.07, 6.45) is 4.83. The molecule has 3 rings (SSSR count). The van der Waals surface area contributed by atoms with Crippen molar-refractivity contribution in [3.05, 3.63) is 29.8 Å². The van der Waals surface area contributed by atoms with Gasteiger partial charge in [-0.05, 0) is 45.0 Å². The second-order valence-electron chi connectivity index (χ2n) is 7.29. The first-order chi connectivity index (χ1) is 12.5. The normalized spacial score (nSPS) is 20.7. The first-order valence-electron chi connectivity index (χ1n) is 9.54. The molecule has 0 aliphatic carbocycles. The molecule has 26 heavy (non-hydrogen) atoms. The van der Waals surface area contributed by atoms with E-state index in [1.54, 1.807) is 12.1 Å². The molecule has 0 bridgehead atoms. The Morgan fingerprint density at radius 1 is 0.885 bits per heavy atom. The van der Waals surface area contributed by atoms with E-state index in [4.69, 9.17) is 0 Å². The zero-order valence-electron chi connectivity index (χ0n) is 15.6. The van der Waals surface area contributed by atoms with Gasteiger partial charge in [-0.1, -0.05) is 30.5 Å². The van der Waals surface area contributed by atoms with E-state index in [0.717, 1.165) is 31.5 Å². The van der Waals surface area contributed by atoms with Crippen LogP contribution < -0.4 is 0 Å². The molecular weight excluding hydrogens is 350 g/mol. The largest absolute Gasteiger partial charge is 0.339 e. The molecule has 2 saturated heterocycles. The number of sulfonamides is 1. The fourth-order valence-electron chi connectivity index (χ4n) is 3.62. The minimum atomic E-state index is -3.47. The van der Waals surface area contributed by atoms with Gasteiger partial charge < -0.3 is 4.90 Å². The van der Waals surface area contributed by atoms with Crippen molar-refractivity contribution >= 4 is 15.9 Å². The average molecular weight is 380 g/mol. The van der Waals surface area contributed by atoms with E-state index in [1.165, 1.54) is 17.1 Å². The second kappa shape index (κ2) is 8.50. The molecule has 144 valence electrons. The van der Waals surface area contributed by atoms with Gasteiger partial charge in [0.25, 0.3) is 0 Å². The predicted octanol–water partition coefficient (Wildman–Crippen LogP) is 1.70. The third kappa shape index (κ3) is 4.64. The fourth-order valence-corrected chi connectivity index (χ4v) is 5.04. The Balaban J connectivity index is 1.54. The summed E-state index contributed by atoms with van der Waals surface area (Å²) in [7, 11) is -3.47. The van der Waals surface area contributed by atoms with Crippen molar-refractivity contribution in [1.29, 1.82) is 0 Å². The van der Waals surface area contributed by atoms with Crippen molar-refractivity contribution in [2.75, 3.05) is 45.8 Å². The molecule has 0 unspecified atom stereocenters. The third-order valence-corrected chi connectivity index (χ3v) is 7.22. The second-order valence-corrected chi connectivity index (χ2v) is 9.23. The lowest BCUT2D eigenvalue weighted by atomic mass is 10.2. The van der Waals surface area contributed by atoms with E-state index in [0.29, 0.717) is 37.6 Å². The number of carbonyl (C=O) groups is 1. The maximum absolute atomic E-state index is 12.7. The molecule has 0 N–H and O–H groups in total. The van der Waals surface area contributed by atoms with Crippen LogP contribution in [0, 0.1) is 6.92 Å². The summed E-state index contributed by atoms with van der Waals surface area (Å²) in [5.74, 6) is 0.124. The summed E-state index contributed by atoms with van der Waals surface area (Å²) < 4.78 is 27.0. The van der Waals surface area contributed by atoms with Crippen molar-refractivity contribution in [1.82, 2.24) is 14.1 Å². The minimum absolute atomic E-state index is 0.124. The Labute approximate surface area is 156 Å². The van der Waals surface area contributed by atoms with Crippen LogP contribution >= 0.6 is 0 Å². The highest BCUT2D eigenvalue weighted by atomic mass is 32.2. The molecule has 2 aliphatic rings. The maximum Gasteiger partial charge on any atom is 0.243 e. The van der Waals surface area contributed by atoms with Crippen LogP contribution in [0.15, 0.2) is 29.2 Å². The smallest absolute Gasteiger partial charge is 0.243 e. The lowest BCUT2D eigenvalue weighted by Crippen LogP contribution is -2.52. The molecule has 1 amide bonds. The Morgan fingerprint density at radius 2 is 1.46 bits per heavy atom. The number of piperazine rings is 1. The van der Waals surface area contributed by atoms with Crippen LogP contribution in [0.3, 0.4) is 0 Å². The van der Waals surface area contributed by atoms with E-state index in [2.05, 4.69) is 4.90 Å². The molecule has 6 nitrogen and oxygen atoms in total. The van der Waals surface area contributed by atoms with Crippen molar-refractivity contribution in [2.24, 2.45) is 0 Å². The summed E-state index contributed by atoms with van der Waals surface area (Å²) >= 11 is 0. The number of hydrogen-bond acceptors (Lipinski definition) is 4. The summed E-state index contributed by atoms with van der Waals surface area (Å²) in [5.41, 5.74) is 1.04. The molecule has 2 aliphatic heterocycles. The van der Waals surface area contributed by atoms with Crippen LogP contribution in [0.5, 0.6) is 0 Å². The van der Waals surface area contributed by atoms with Gasteiger partial charge in [0.05, 0.1) is 11.4 Å². The first-order valence-corrected chi connectivity index (χ1v) is 11.0. The molecule has 1 aromatic rings. The van der Waals surface area contributed by atoms with Gasteiger partial charge in [0, 0.05) is 26.2 Å². The van der Waals surface area contributed by atoms with Gasteiger partial charge in [-0.25, -0.2) is 8.42 Å². The standard InChI is InChI=1S/C19H29N3O3S/c1-17-6-8-18(9-7-17)26(24,25)22-14-12-21(13-15-22)19(23)16-20-10-4-2-3-5-11-20/h6-9H,2-5,10-16H2,1H3. The number of amides is 1. The van der Waals surface area contributed by atoms with Gasteiger partial charge >= 0.3 is 0 Å². The Morgan fingerprint density at radius 3 is 2.04 bits per heavy atom. The van der Waals surface area contributed by atoms with E-state index < -0.39 is 10.0 Å². The number of nitrogens with zero attached hydrogens (tertiary/aromatic N) is 3. The van der Waals surface area contributed by atoms with E-state index in [-0.39, 0.29) is 5.91 Å². The summed E-state index contributed by atoms with van der Waals surface area (Å²) in [6.45, 7) is 6.05. The lowest BCUT2D eigenvalue weighted by molar-refractivity contribution is -0.133. The monoisotopic (exact) mass is 379 g/mol. The van der Waals surface area contributed by atoms with Crippen LogP contribution in [0.2, 0.25) is 0 Å². The van der Waals surface area contributed by atoms with Crippen molar-refractivity contribution < 1.29 is 13.2 Å². The van der Waals surface area contributed by atoms with Gasteiger partial charge in [-0.2, -0.15) is 4.31 Å². The molecule has 2 heterocycles. The van der Waals surface area contributed by atoms with E-state index >= 15 is 0 Å². The first kappa shape index (κ1) is 19.3. The molecule has 0 spiro atoms. The van der Waals surface area contributed by atoms with Crippen LogP contribution in [-0.4, -0.2) is 74.2 Å². The number of rotatable bonds is 4. The average Bonchev–Trinajstić information content (AvgIpc) is 2.91. The van der Waals surface area contributed by atoms with Crippen molar-refractivity contribution in [2.45, 2.75) is 37.5 Å². The maximum atomic E-state index is 12.7. The topological polar surface area (TPSA) is 60.9 Å². The summed E-state index contributed by atoms with van der Waals surface area (Å²) in [5, 5.41) is 0. The molecule has 0 aromatic heterocycles. The van der Waals surface area contributed by atoms with Crippen LogP contribution in [-0.2, 0) is 14.8 Å². The fraction of sp³-hybridized carbons (Fsp3) is 0.632. The Bertz CT molecular complexity index is 702. The molecule has 7 heteroatoms. The minimum Gasteiger partial charge on any atom is -0.339 e. The van der Waals surface area contributed by atoms with Gasteiger partial charge in [-0.15, -0.1) is 0 Å². The molecule has 1 aromatic carbocycles. The highest BCUT2D eigenvalue weighted by Crippen LogP contribution is 2.18. The highest BCUT2D eigenvalue weighted by Gasteiger charge is 2.30. The number of aryl methyl sites for hydroxylation is 1. The zero-order chi connectivity index (χ0) is 18.6. The van der Waals surface area contributed by atoms with E-state index in [9.17, 15) is 13.2 Å². The van der Waals surface area contributed by atoms with Crippen molar-refractivity contribution in [3.8, 4) is 0 Å². The Hall–Kier alpha value is -1.44. The SMILES string of the molecule is Cc1ccc(S(=O)(=O)N2CCN(C(=O)CN3CCCCCC3)CC2)cc1. The molecule has 2 fully saturated rings. The third-order valence-electron chi connectivity index (χ3n) is 5.31. The molecule has 0 saturated carbocycles. The summed E-state index contributed by atoms with van der Waals surface area (Å²) in [6, 6.07) is 6.94. The number of likely N-dealkylation sites (tertiary alicyclic amines) is 1. The zero-order valence-corrected chi connectivity index (χ0v) is 16.4. The predicted molar refractivity (Wildman–Crippen MR) is 101 cm³/mol. The van der Waals surface area contributed by atoms with Gasteiger partial charge in [0.2, 0.25) is 15.9 Å². The number of hydrogen-bond donors (Lipinski definition) is 0. The van der Waals surface area contributed by atoms with Crippen LogP contribution in [0.4, 0.5) is 0 Å². The van der Waals surface area contributed by atoms with E-state index in [1.807, 2.05) is 24.0 Å². The number of benzene rings is 1. The highest BCUT2D eigenvalue weighted by molar-refractivity contribution is 7.89. The van der Waals surface area contributed by atoms with Crippen molar-refractivity contribution in [3.63, 3.8) is 0 Å². The van der Waals surface area contributed by atoms with Crippen LogP contribution in [0.1, 0.15) is 31.2 Å². The number of carbonyl (C=O) groups excluding carboxylic acids is 1. The van der Waals surface area contributed by atoms with Gasteiger partial charge in [-0.3, -0.25) is 9.69 Å². The molecule has 0 radical (unpaired) electrons. The lowest BCUT2D eigenvalue weighted by Gasteiger charge is -2.35. The molecule has 0 atom stereocenters. The molecular formula is C19H29N3O3S. The van der Waals surface area contributed by atoms with Gasteiger partial charge in [0.1, 0.15) is 0 Å². The summed E-state index contributed by atoms with van der Waals surface area (Å²) in [4.78, 5) is 16.9.